The average Bonchev–Trinajstić information content (AvgIpc) is 3.72. The monoisotopic (exact) mass is 566 g/mol. The van der Waals surface area contributed by atoms with Crippen molar-refractivity contribution in [3.8, 4) is 17.2 Å². The van der Waals surface area contributed by atoms with Gasteiger partial charge in [0.25, 0.3) is 11.8 Å². The highest BCUT2D eigenvalue weighted by Gasteiger charge is 2.38. The number of methoxy groups -OCH3 is 1. The SMILES string of the molecule is COCCN(C)CC(=O)N1C[C@@H]2NC(=O)c3cc(cc(OCC4CC4)c3)OCC(=O)NCc3ccc(cc3)O[C@H]2C1. The van der Waals surface area contributed by atoms with Crippen LogP contribution in [0, 0.1) is 5.92 Å². The maximum Gasteiger partial charge on any atom is 0.258 e. The van der Waals surface area contributed by atoms with Crippen molar-refractivity contribution in [1.29, 1.82) is 0 Å². The largest absolute Gasteiger partial charge is 0.493 e. The summed E-state index contributed by atoms with van der Waals surface area (Å²) >= 11 is 0. The Hall–Kier alpha value is -3.83. The molecule has 2 aromatic carbocycles. The van der Waals surface area contributed by atoms with E-state index in [4.69, 9.17) is 18.9 Å². The Morgan fingerprint density at radius 3 is 2.66 bits per heavy atom. The van der Waals surface area contributed by atoms with Gasteiger partial charge in [0.15, 0.2) is 6.61 Å². The molecule has 6 rings (SSSR count). The molecule has 2 atom stereocenters. The second kappa shape index (κ2) is 13.2. The lowest BCUT2D eigenvalue weighted by atomic mass is 10.1. The van der Waals surface area contributed by atoms with E-state index in [9.17, 15) is 14.4 Å². The molecule has 2 fully saturated rings. The summed E-state index contributed by atoms with van der Waals surface area (Å²) in [6.45, 7) is 2.74. The molecule has 1 saturated carbocycles. The Kier molecular flexibility index (Phi) is 9.25. The first kappa shape index (κ1) is 28.7. The van der Waals surface area contributed by atoms with Crippen LogP contribution in [0.1, 0.15) is 28.8 Å². The number of benzene rings is 2. The first-order valence-electron chi connectivity index (χ1n) is 14.1. The molecule has 2 aromatic rings. The highest BCUT2D eigenvalue weighted by atomic mass is 16.5. The van der Waals surface area contributed by atoms with Gasteiger partial charge in [-0.25, -0.2) is 0 Å². The number of nitrogens with zero attached hydrogens (tertiary/aromatic N) is 2. The van der Waals surface area contributed by atoms with Crippen LogP contribution < -0.4 is 24.8 Å². The van der Waals surface area contributed by atoms with Gasteiger partial charge in [-0.3, -0.25) is 19.3 Å². The molecule has 3 amide bonds. The first-order chi connectivity index (χ1) is 19.9. The number of carbonyl (C=O) groups excluding carboxylic acids is 3. The molecular weight excluding hydrogens is 528 g/mol. The summed E-state index contributed by atoms with van der Waals surface area (Å²) in [7, 11) is 3.50. The standard InChI is InChI=1S/C30H38N4O7/c1-33(9-10-38-2)17-29(36)34-15-26-27(16-34)41-23-7-5-20(6-8-23)14-31-28(35)19-40-25-12-22(30(37)32-26)11-24(13-25)39-18-21-3-4-21/h5-8,11-13,21,26-27H,3-4,9-10,14-19H2,1-2H3,(H,31,35)(H,32,37)/t26-,27-/m0/s1. The van der Waals surface area contributed by atoms with Gasteiger partial charge in [-0.15, -0.1) is 0 Å². The van der Waals surface area contributed by atoms with Crippen LogP contribution in [0.2, 0.25) is 0 Å². The fourth-order valence-electron chi connectivity index (χ4n) is 4.77. The number of hydrogen-bond acceptors (Lipinski definition) is 8. The van der Waals surface area contributed by atoms with Crippen molar-refractivity contribution in [2.75, 3.05) is 60.2 Å². The number of hydrogen-bond donors (Lipinski definition) is 2. The predicted molar refractivity (Wildman–Crippen MR) is 150 cm³/mol. The lowest BCUT2D eigenvalue weighted by Crippen LogP contribution is -2.45. The Bertz CT molecular complexity index is 1230. The topological polar surface area (TPSA) is 119 Å². The van der Waals surface area contributed by atoms with Gasteiger partial charge in [0, 0.05) is 38.4 Å². The molecule has 2 N–H and O–H groups in total. The molecule has 11 nitrogen and oxygen atoms in total. The molecule has 4 bridgehead atoms. The zero-order valence-electron chi connectivity index (χ0n) is 23.6. The van der Waals surface area contributed by atoms with E-state index in [1.165, 1.54) is 0 Å². The van der Waals surface area contributed by atoms with Gasteiger partial charge in [-0.2, -0.15) is 0 Å². The van der Waals surface area contributed by atoms with E-state index in [1.807, 2.05) is 36.2 Å². The Labute approximate surface area is 240 Å². The maximum atomic E-state index is 13.5. The molecule has 4 aliphatic rings. The van der Waals surface area contributed by atoms with Crippen molar-refractivity contribution in [3.05, 3.63) is 53.6 Å². The van der Waals surface area contributed by atoms with E-state index >= 15 is 0 Å². The van der Waals surface area contributed by atoms with Gasteiger partial charge in [-0.05, 0) is 55.6 Å². The van der Waals surface area contributed by atoms with Gasteiger partial charge in [0.05, 0.1) is 32.3 Å². The Balaban J connectivity index is 1.37. The average molecular weight is 567 g/mol. The summed E-state index contributed by atoms with van der Waals surface area (Å²) in [4.78, 5) is 42.7. The van der Waals surface area contributed by atoms with Crippen molar-refractivity contribution < 1.29 is 33.3 Å². The van der Waals surface area contributed by atoms with Crippen molar-refractivity contribution in [1.82, 2.24) is 20.4 Å². The van der Waals surface area contributed by atoms with Crippen LogP contribution in [0.15, 0.2) is 42.5 Å². The number of rotatable bonds is 8. The molecule has 0 aromatic heterocycles. The predicted octanol–water partition coefficient (Wildman–Crippen LogP) is 1.45. The molecule has 0 radical (unpaired) electrons. The number of likely N-dealkylation sites (tertiary alicyclic amines) is 1. The summed E-state index contributed by atoms with van der Waals surface area (Å²) < 4.78 is 23.1. The minimum atomic E-state index is -0.460. The molecule has 11 heteroatoms. The molecular formula is C30H38N4O7. The second-order valence-electron chi connectivity index (χ2n) is 10.9. The zero-order chi connectivity index (χ0) is 28.8. The van der Waals surface area contributed by atoms with Crippen LogP contribution in [0.4, 0.5) is 0 Å². The molecule has 3 heterocycles. The third-order valence-electron chi connectivity index (χ3n) is 7.41. The third-order valence-corrected chi connectivity index (χ3v) is 7.41. The summed E-state index contributed by atoms with van der Waals surface area (Å²) in [6, 6.07) is 11.9. The molecule has 1 aliphatic carbocycles. The minimum Gasteiger partial charge on any atom is -0.493 e. The number of nitrogens with one attached hydrogen (secondary N) is 2. The fourth-order valence-corrected chi connectivity index (χ4v) is 4.77. The van der Waals surface area contributed by atoms with E-state index in [0.717, 1.165) is 18.4 Å². The Morgan fingerprint density at radius 1 is 1.10 bits per heavy atom. The molecule has 1 saturated heterocycles. The van der Waals surface area contributed by atoms with Crippen LogP contribution in [0.3, 0.4) is 0 Å². The van der Waals surface area contributed by atoms with Gasteiger partial charge < -0.3 is 34.5 Å². The van der Waals surface area contributed by atoms with Gasteiger partial charge in [0.2, 0.25) is 5.91 Å². The van der Waals surface area contributed by atoms with Gasteiger partial charge in [0.1, 0.15) is 23.4 Å². The van der Waals surface area contributed by atoms with E-state index in [0.29, 0.717) is 68.1 Å². The lowest BCUT2D eigenvalue weighted by Gasteiger charge is -2.21. The first-order valence-corrected chi connectivity index (χ1v) is 14.1. The van der Waals surface area contributed by atoms with Crippen LogP contribution in [0.5, 0.6) is 17.2 Å². The molecule has 0 spiro atoms. The quantitative estimate of drug-likeness (QED) is 0.493. The number of amides is 3. The summed E-state index contributed by atoms with van der Waals surface area (Å²) in [5, 5.41) is 5.92. The summed E-state index contributed by atoms with van der Waals surface area (Å²) in [5.74, 6) is 1.33. The number of carbonyl (C=O) groups is 3. The van der Waals surface area contributed by atoms with Crippen molar-refractivity contribution in [2.45, 2.75) is 31.5 Å². The molecule has 41 heavy (non-hydrogen) atoms. The van der Waals surface area contributed by atoms with Crippen molar-refractivity contribution in [2.24, 2.45) is 5.92 Å². The Morgan fingerprint density at radius 2 is 1.90 bits per heavy atom. The lowest BCUT2D eigenvalue weighted by molar-refractivity contribution is -0.131. The van der Waals surface area contributed by atoms with E-state index in [1.54, 1.807) is 30.2 Å². The smallest absolute Gasteiger partial charge is 0.258 e. The zero-order valence-corrected chi connectivity index (χ0v) is 23.6. The highest BCUT2D eigenvalue weighted by molar-refractivity contribution is 5.95. The van der Waals surface area contributed by atoms with Gasteiger partial charge in [-0.1, -0.05) is 12.1 Å². The van der Waals surface area contributed by atoms with Crippen LogP contribution in [-0.2, 0) is 20.9 Å². The van der Waals surface area contributed by atoms with Gasteiger partial charge >= 0.3 is 0 Å². The summed E-state index contributed by atoms with van der Waals surface area (Å²) in [5.41, 5.74) is 1.24. The minimum absolute atomic E-state index is 0.0478. The maximum absolute atomic E-state index is 13.5. The molecule has 3 aliphatic heterocycles. The molecule has 220 valence electrons. The second-order valence-corrected chi connectivity index (χ2v) is 10.9. The summed E-state index contributed by atoms with van der Waals surface area (Å²) in [6.07, 6.45) is 1.80. The number of likely N-dealkylation sites (N-methyl/N-ethyl adjacent to an activating group) is 1. The van der Waals surface area contributed by atoms with Crippen molar-refractivity contribution in [3.63, 3.8) is 0 Å². The normalized spacial score (nSPS) is 20.9. The molecule has 0 unspecified atom stereocenters. The van der Waals surface area contributed by atoms with E-state index in [2.05, 4.69) is 10.6 Å². The number of ether oxygens (including phenoxy) is 4. The third kappa shape index (κ3) is 8.11. The van der Waals surface area contributed by atoms with Crippen LogP contribution in [0.25, 0.3) is 0 Å². The van der Waals surface area contributed by atoms with E-state index in [-0.39, 0.29) is 30.9 Å². The van der Waals surface area contributed by atoms with E-state index < -0.39 is 12.1 Å². The number of fused-ring (bicyclic) bond motifs is 7. The fraction of sp³-hybridized carbons (Fsp3) is 0.500. The van der Waals surface area contributed by atoms with Crippen LogP contribution in [-0.4, -0.2) is 99.8 Å². The van der Waals surface area contributed by atoms with Crippen molar-refractivity contribution >= 4 is 17.7 Å². The van der Waals surface area contributed by atoms with Crippen LogP contribution >= 0.6 is 0 Å². The highest BCUT2D eigenvalue weighted by Crippen LogP contribution is 2.31.